The van der Waals surface area contributed by atoms with Crippen LogP contribution in [0.2, 0.25) is 0 Å². The first-order valence-electron chi connectivity index (χ1n) is 11.5. The minimum absolute atomic E-state index is 0.225. The van der Waals surface area contributed by atoms with Crippen LogP contribution in [0.25, 0.3) is 11.3 Å². The number of carbonyl (C=O) groups excluding carboxylic acids is 1. The van der Waals surface area contributed by atoms with Crippen molar-refractivity contribution in [3.05, 3.63) is 78.1 Å². The molecule has 1 fully saturated rings. The fourth-order valence-electron chi connectivity index (χ4n) is 3.95. The molecule has 0 radical (unpaired) electrons. The monoisotopic (exact) mass is 454 g/mol. The Balaban J connectivity index is 1.23. The Bertz CT molecular complexity index is 1260. The predicted octanol–water partition coefficient (Wildman–Crippen LogP) is 5.43. The summed E-state index contributed by atoms with van der Waals surface area (Å²) >= 11 is 0. The van der Waals surface area contributed by atoms with E-state index in [1.165, 1.54) is 19.3 Å². The van der Waals surface area contributed by atoms with Gasteiger partial charge in [-0.15, -0.1) is 0 Å². The Morgan fingerprint density at radius 1 is 0.912 bits per heavy atom. The van der Waals surface area contributed by atoms with Gasteiger partial charge in [0, 0.05) is 47.9 Å². The molecule has 172 valence electrons. The molecule has 0 atom stereocenters. The highest BCUT2D eigenvalue weighted by molar-refractivity contribution is 6.03. The Morgan fingerprint density at radius 3 is 2.41 bits per heavy atom. The molecular weight excluding hydrogens is 428 g/mol. The summed E-state index contributed by atoms with van der Waals surface area (Å²) in [4.78, 5) is 24.1. The van der Waals surface area contributed by atoms with Crippen molar-refractivity contribution in [3.63, 3.8) is 0 Å². The standard InChI is InChI=1S/C26H26N6O2/c1-18-16-24(30-26(27-18)32-14-6-3-7-15-32)28-20-10-12-21(13-11-20)29-25(33)22-17-23(34-31-22)19-8-4-2-5-9-19/h2,4-5,8-13,16-17H,3,6-7,14-15H2,1H3,(H,29,33)(H,27,28,30). The molecule has 5 rings (SSSR count). The summed E-state index contributed by atoms with van der Waals surface area (Å²) in [5, 5.41) is 10.1. The summed E-state index contributed by atoms with van der Waals surface area (Å²) in [6, 6.07) is 20.6. The summed E-state index contributed by atoms with van der Waals surface area (Å²) in [6.07, 6.45) is 3.62. The lowest BCUT2D eigenvalue weighted by Crippen LogP contribution is -2.31. The number of anilines is 4. The van der Waals surface area contributed by atoms with Crippen LogP contribution in [0.1, 0.15) is 35.4 Å². The molecule has 0 aliphatic carbocycles. The third kappa shape index (κ3) is 5.06. The van der Waals surface area contributed by atoms with Gasteiger partial charge in [-0.05, 0) is 50.5 Å². The third-order valence-electron chi connectivity index (χ3n) is 5.70. The number of rotatable bonds is 6. The van der Waals surface area contributed by atoms with Crippen LogP contribution in [0.4, 0.5) is 23.1 Å². The number of aryl methyl sites for hydroxylation is 1. The molecule has 34 heavy (non-hydrogen) atoms. The minimum atomic E-state index is -0.329. The van der Waals surface area contributed by atoms with Gasteiger partial charge in [0.15, 0.2) is 11.5 Å². The average molecular weight is 455 g/mol. The zero-order valence-corrected chi connectivity index (χ0v) is 19.0. The molecule has 0 bridgehead atoms. The summed E-state index contributed by atoms with van der Waals surface area (Å²) in [5.41, 5.74) is 3.54. The van der Waals surface area contributed by atoms with E-state index < -0.39 is 0 Å². The Morgan fingerprint density at radius 2 is 1.65 bits per heavy atom. The van der Waals surface area contributed by atoms with E-state index in [1.54, 1.807) is 6.07 Å². The van der Waals surface area contributed by atoms with Crippen LogP contribution in [0.3, 0.4) is 0 Å². The van der Waals surface area contributed by atoms with E-state index in [1.807, 2.05) is 67.6 Å². The Labute approximate surface area is 198 Å². The number of hydrogen-bond acceptors (Lipinski definition) is 7. The van der Waals surface area contributed by atoms with E-state index in [0.29, 0.717) is 11.4 Å². The first kappa shape index (κ1) is 21.6. The molecule has 0 spiro atoms. The number of nitrogens with zero attached hydrogens (tertiary/aromatic N) is 4. The van der Waals surface area contributed by atoms with Gasteiger partial charge in [-0.2, -0.15) is 4.98 Å². The highest BCUT2D eigenvalue weighted by Crippen LogP contribution is 2.23. The maximum Gasteiger partial charge on any atom is 0.277 e. The van der Waals surface area contributed by atoms with Crippen molar-refractivity contribution >= 4 is 29.0 Å². The molecule has 3 heterocycles. The van der Waals surface area contributed by atoms with E-state index in [9.17, 15) is 4.79 Å². The van der Waals surface area contributed by atoms with E-state index in [2.05, 4.69) is 25.7 Å². The number of aromatic nitrogens is 3. The summed E-state index contributed by atoms with van der Waals surface area (Å²) in [6.45, 7) is 3.97. The maximum absolute atomic E-state index is 12.6. The van der Waals surface area contributed by atoms with Crippen LogP contribution < -0.4 is 15.5 Å². The van der Waals surface area contributed by atoms with Crippen LogP contribution in [-0.4, -0.2) is 34.1 Å². The fourth-order valence-corrected chi connectivity index (χ4v) is 3.95. The molecule has 1 amide bonds. The number of carbonyl (C=O) groups is 1. The van der Waals surface area contributed by atoms with Gasteiger partial charge in [0.05, 0.1) is 0 Å². The molecule has 0 unspecified atom stereocenters. The van der Waals surface area contributed by atoms with Crippen LogP contribution >= 0.6 is 0 Å². The zero-order valence-electron chi connectivity index (χ0n) is 19.0. The molecular formula is C26H26N6O2. The second kappa shape index (κ2) is 9.74. The van der Waals surface area contributed by atoms with Gasteiger partial charge in [0.25, 0.3) is 5.91 Å². The molecule has 2 aromatic carbocycles. The van der Waals surface area contributed by atoms with E-state index in [4.69, 9.17) is 9.51 Å². The topological polar surface area (TPSA) is 96.2 Å². The molecule has 2 aromatic heterocycles. The second-order valence-corrected chi connectivity index (χ2v) is 8.34. The highest BCUT2D eigenvalue weighted by Gasteiger charge is 2.16. The molecule has 1 aliphatic heterocycles. The van der Waals surface area contributed by atoms with E-state index in [0.717, 1.165) is 41.8 Å². The number of nitrogens with one attached hydrogen (secondary N) is 2. The SMILES string of the molecule is Cc1cc(Nc2ccc(NC(=O)c3cc(-c4ccccc4)on3)cc2)nc(N2CCCCC2)n1. The maximum atomic E-state index is 12.6. The van der Waals surface area contributed by atoms with Gasteiger partial charge in [-0.25, -0.2) is 4.98 Å². The summed E-state index contributed by atoms with van der Waals surface area (Å²) in [7, 11) is 0. The van der Waals surface area contributed by atoms with Crippen LogP contribution in [0.15, 0.2) is 71.3 Å². The fraction of sp³-hybridized carbons (Fsp3) is 0.231. The molecule has 2 N–H and O–H groups in total. The molecule has 4 aromatic rings. The van der Waals surface area contributed by atoms with Crippen molar-refractivity contribution in [2.45, 2.75) is 26.2 Å². The molecule has 1 saturated heterocycles. The smallest absolute Gasteiger partial charge is 0.277 e. The highest BCUT2D eigenvalue weighted by atomic mass is 16.5. The lowest BCUT2D eigenvalue weighted by Gasteiger charge is -2.27. The number of piperidine rings is 1. The normalized spacial score (nSPS) is 13.5. The molecule has 8 heteroatoms. The largest absolute Gasteiger partial charge is 0.355 e. The molecule has 0 saturated carbocycles. The Kier molecular flexibility index (Phi) is 6.20. The number of hydrogen-bond donors (Lipinski definition) is 2. The van der Waals surface area contributed by atoms with E-state index >= 15 is 0 Å². The third-order valence-corrected chi connectivity index (χ3v) is 5.70. The van der Waals surface area contributed by atoms with Gasteiger partial charge >= 0.3 is 0 Å². The quantitative estimate of drug-likeness (QED) is 0.401. The van der Waals surface area contributed by atoms with Crippen molar-refractivity contribution in [2.24, 2.45) is 0 Å². The van der Waals surface area contributed by atoms with Crippen LogP contribution in [0.5, 0.6) is 0 Å². The van der Waals surface area contributed by atoms with Gasteiger partial charge in [0.1, 0.15) is 5.82 Å². The molecule has 8 nitrogen and oxygen atoms in total. The minimum Gasteiger partial charge on any atom is -0.355 e. The van der Waals surface area contributed by atoms with Crippen molar-refractivity contribution < 1.29 is 9.32 Å². The van der Waals surface area contributed by atoms with Crippen LogP contribution in [0, 0.1) is 6.92 Å². The van der Waals surface area contributed by atoms with Crippen molar-refractivity contribution in [3.8, 4) is 11.3 Å². The summed E-state index contributed by atoms with van der Waals surface area (Å²) in [5.74, 6) is 1.74. The molecule has 1 aliphatic rings. The average Bonchev–Trinajstić information content (AvgIpc) is 3.37. The predicted molar refractivity (Wildman–Crippen MR) is 132 cm³/mol. The second-order valence-electron chi connectivity index (χ2n) is 8.34. The lowest BCUT2D eigenvalue weighted by molar-refractivity contribution is 0.101. The first-order valence-corrected chi connectivity index (χ1v) is 11.5. The first-order chi connectivity index (χ1) is 16.6. The number of benzene rings is 2. The van der Waals surface area contributed by atoms with Crippen LogP contribution in [-0.2, 0) is 0 Å². The Hall–Kier alpha value is -4.20. The van der Waals surface area contributed by atoms with Crippen molar-refractivity contribution in [2.75, 3.05) is 28.6 Å². The zero-order chi connectivity index (χ0) is 23.3. The van der Waals surface area contributed by atoms with Crippen molar-refractivity contribution in [1.82, 2.24) is 15.1 Å². The lowest BCUT2D eigenvalue weighted by atomic mass is 10.1. The summed E-state index contributed by atoms with van der Waals surface area (Å²) < 4.78 is 5.32. The van der Waals surface area contributed by atoms with Gasteiger partial charge in [0.2, 0.25) is 5.95 Å². The van der Waals surface area contributed by atoms with Gasteiger partial charge in [-0.3, -0.25) is 4.79 Å². The van der Waals surface area contributed by atoms with Gasteiger partial charge in [-0.1, -0.05) is 35.5 Å². The number of amides is 1. The van der Waals surface area contributed by atoms with Crippen molar-refractivity contribution in [1.29, 1.82) is 0 Å². The van der Waals surface area contributed by atoms with E-state index in [-0.39, 0.29) is 11.6 Å². The van der Waals surface area contributed by atoms with Gasteiger partial charge < -0.3 is 20.1 Å².